The zero-order chi connectivity index (χ0) is 10.8. The predicted molar refractivity (Wildman–Crippen MR) is 54.2 cm³/mol. The summed E-state index contributed by atoms with van der Waals surface area (Å²) in [6, 6.07) is 0. The van der Waals surface area contributed by atoms with Crippen LogP contribution in [0.15, 0.2) is 0 Å². The van der Waals surface area contributed by atoms with E-state index in [1.54, 1.807) is 0 Å². The first-order valence-corrected chi connectivity index (χ1v) is 5.86. The summed E-state index contributed by atoms with van der Waals surface area (Å²) in [5, 5.41) is 0. The van der Waals surface area contributed by atoms with Gasteiger partial charge in [0.05, 0.1) is 12.2 Å². The van der Waals surface area contributed by atoms with Crippen molar-refractivity contribution >= 4 is 5.78 Å². The minimum Gasteiger partial charge on any atom is -0.345 e. The van der Waals surface area contributed by atoms with Crippen molar-refractivity contribution in [2.24, 2.45) is 17.8 Å². The number of fused-ring (bicyclic) bond motifs is 3. The maximum atomic E-state index is 11.6. The van der Waals surface area contributed by atoms with Crippen molar-refractivity contribution in [2.45, 2.75) is 51.6 Å². The molecule has 3 rings (SSSR count). The van der Waals surface area contributed by atoms with Crippen LogP contribution in [0.25, 0.3) is 0 Å². The Hall–Kier alpha value is -0.410. The average molecular weight is 210 g/mol. The van der Waals surface area contributed by atoms with Crippen LogP contribution in [-0.2, 0) is 14.3 Å². The molecule has 3 nitrogen and oxygen atoms in total. The van der Waals surface area contributed by atoms with Gasteiger partial charge in [-0.3, -0.25) is 4.79 Å². The highest BCUT2D eigenvalue weighted by Gasteiger charge is 2.58. The lowest BCUT2D eigenvalue weighted by atomic mass is 9.91. The molecule has 1 heterocycles. The number of carbonyl (C=O) groups excluding carboxylic acids is 1. The van der Waals surface area contributed by atoms with Crippen LogP contribution in [0.4, 0.5) is 0 Å². The van der Waals surface area contributed by atoms with E-state index in [2.05, 4.69) is 0 Å². The van der Waals surface area contributed by atoms with Crippen LogP contribution >= 0.6 is 0 Å². The van der Waals surface area contributed by atoms with Gasteiger partial charge < -0.3 is 9.47 Å². The van der Waals surface area contributed by atoms with Crippen molar-refractivity contribution in [3.05, 3.63) is 0 Å². The molecule has 0 spiro atoms. The normalized spacial score (nSPS) is 51.9. The van der Waals surface area contributed by atoms with E-state index >= 15 is 0 Å². The summed E-state index contributed by atoms with van der Waals surface area (Å²) in [7, 11) is 0. The van der Waals surface area contributed by atoms with E-state index in [0.717, 1.165) is 12.8 Å². The third kappa shape index (κ3) is 1.29. The lowest BCUT2D eigenvalue weighted by molar-refractivity contribution is -0.160. The molecule has 5 atom stereocenters. The zero-order valence-corrected chi connectivity index (χ0v) is 9.53. The number of hydrogen-bond acceptors (Lipinski definition) is 3. The first-order chi connectivity index (χ1) is 6.98. The van der Waals surface area contributed by atoms with Crippen LogP contribution in [0.1, 0.15) is 33.6 Å². The summed E-state index contributed by atoms with van der Waals surface area (Å²) in [6.45, 7) is 5.97. The van der Waals surface area contributed by atoms with Crippen molar-refractivity contribution < 1.29 is 14.3 Å². The van der Waals surface area contributed by atoms with Gasteiger partial charge in [-0.2, -0.15) is 0 Å². The molecular weight excluding hydrogens is 192 g/mol. The first-order valence-electron chi connectivity index (χ1n) is 5.86. The summed E-state index contributed by atoms with van der Waals surface area (Å²) in [5.74, 6) is 1.05. The smallest absolute Gasteiger partial charge is 0.163 e. The van der Waals surface area contributed by atoms with Gasteiger partial charge in [-0.15, -0.1) is 0 Å². The predicted octanol–water partition coefficient (Wildman–Crippen LogP) is 1.75. The molecule has 3 heteroatoms. The van der Waals surface area contributed by atoms with E-state index in [1.807, 2.05) is 20.8 Å². The minimum atomic E-state index is -0.453. The van der Waals surface area contributed by atoms with E-state index in [9.17, 15) is 4.79 Å². The molecule has 0 unspecified atom stereocenters. The van der Waals surface area contributed by atoms with Crippen molar-refractivity contribution in [3.63, 3.8) is 0 Å². The van der Waals surface area contributed by atoms with Gasteiger partial charge >= 0.3 is 0 Å². The molecule has 2 aliphatic carbocycles. The molecule has 0 bridgehead atoms. The second-order valence-electron chi connectivity index (χ2n) is 5.67. The Bertz CT molecular complexity index is 310. The second kappa shape index (κ2) is 2.83. The average Bonchev–Trinajstić information content (AvgIpc) is 2.62. The van der Waals surface area contributed by atoms with Gasteiger partial charge in [0.1, 0.15) is 5.78 Å². The molecule has 0 aromatic rings. The third-order valence-electron chi connectivity index (χ3n) is 4.23. The number of carbonyl (C=O) groups is 1. The zero-order valence-electron chi connectivity index (χ0n) is 9.53. The summed E-state index contributed by atoms with van der Waals surface area (Å²) >= 11 is 0. The molecule has 3 aliphatic rings. The number of rotatable bonds is 0. The maximum Gasteiger partial charge on any atom is 0.163 e. The van der Waals surface area contributed by atoms with Gasteiger partial charge in [0.2, 0.25) is 0 Å². The Morgan fingerprint density at radius 2 is 2.07 bits per heavy atom. The Morgan fingerprint density at radius 1 is 1.33 bits per heavy atom. The lowest BCUT2D eigenvalue weighted by Gasteiger charge is -2.23. The standard InChI is InChI=1S/C12H18O3/c1-6-8(13)4-7-5-9-11(10(6)7)15-12(2,3)14-9/h6-7,9-11H,4-5H2,1-3H3/t6-,7+,9+,10+,11+/m1/s1. The molecular formula is C12H18O3. The molecule has 84 valence electrons. The highest BCUT2D eigenvalue weighted by Crippen LogP contribution is 2.52. The molecule has 0 radical (unpaired) electrons. The largest absolute Gasteiger partial charge is 0.345 e. The van der Waals surface area contributed by atoms with Crippen molar-refractivity contribution in [1.29, 1.82) is 0 Å². The monoisotopic (exact) mass is 210 g/mol. The fourth-order valence-electron chi connectivity index (χ4n) is 3.67. The van der Waals surface area contributed by atoms with E-state index in [4.69, 9.17) is 9.47 Å². The number of hydrogen-bond donors (Lipinski definition) is 0. The number of ketones is 1. The van der Waals surface area contributed by atoms with Gasteiger partial charge in [-0.1, -0.05) is 6.92 Å². The highest BCUT2D eigenvalue weighted by atomic mass is 16.8. The van der Waals surface area contributed by atoms with Gasteiger partial charge in [-0.05, 0) is 26.2 Å². The highest BCUT2D eigenvalue weighted by molar-refractivity contribution is 5.83. The van der Waals surface area contributed by atoms with Crippen molar-refractivity contribution in [1.82, 2.24) is 0 Å². The van der Waals surface area contributed by atoms with Crippen LogP contribution in [-0.4, -0.2) is 23.8 Å². The number of Topliss-reactive ketones (excluding diaryl/α,β-unsaturated/α-hetero) is 1. The molecule has 0 aromatic carbocycles. The Balaban J connectivity index is 1.85. The topological polar surface area (TPSA) is 35.5 Å². The summed E-state index contributed by atoms with van der Waals surface area (Å²) in [6.07, 6.45) is 2.14. The summed E-state index contributed by atoms with van der Waals surface area (Å²) in [5.41, 5.74) is 0. The Morgan fingerprint density at radius 3 is 2.80 bits per heavy atom. The van der Waals surface area contributed by atoms with Crippen molar-refractivity contribution in [3.8, 4) is 0 Å². The van der Waals surface area contributed by atoms with Crippen LogP contribution in [0.5, 0.6) is 0 Å². The van der Waals surface area contributed by atoms with E-state index in [0.29, 0.717) is 17.6 Å². The Kier molecular flexibility index (Phi) is 1.85. The SMILES string of the molecule is C[C@@H]1C(=O)C[C@H]2C[C@@H]3OC(C)(C)O[C@@H]3[C@H]21. The second-order valence-corrected chi connectivity index (χ2v) is 5.67. The Labute approximate surface area is 90.1 Å². The third-order valence-corrected chi connectivity index (χ3v) is 4.23. The van der Waals surface area contributed by atoms with Crippen LogP contribution in [0.3, 0.4) is 0 Å². The van der Waals surface area contributed by atoms with Gasteiger partial charge in [0.15, 0.2) is 5.79 Å². The van der Waals surface area contributed by atoms with E-state index in [1.165, 1.54) is 0 Å². The van der Waals surface area contributed by atoms with Crippen LogP contribution in [0, 0.1) is 17.8 Å². The molecule has 0 amide bonds. The fourth-order valence-corrected chi connectivity index (χ4v) is 3.67. The number of ether oxygens (including phenoxy) is 2. The first kappa shape index (κ1) is 9.79. The van der Waals surface area contributed by atoms with Crippen LogP contribution < -0.4 is 0 Å². The quantitative estimate of drug-likeness (QED) is 0.611. The minimum absolute atomic E-state index is 0.159. The molecule has 0 N–H and O–H groups in total. The molecule has 1 aliphatic heterocycles. The molecule has 2 saturated carbocycles. The molecule has 0 aromatic heterocycles. The fraction of sp³-hybridized carbons (Fsp3) is 0.917. The van der Waals surface area contributed by atoms with Gasteiger partial charge in [0.25, 0.3) is 0 Å². The summed E-state index contributed by atoms with van der Waals surface area (Å²) < 4.78 is 11.8. The molecule has 3 fully saturated rings. The lowest BCUT2D eigenvalue weighted by Crippen LogP contribution is -2.29. The van der Waals surface area contributed by atoms with Crippen molar-refractivity contribution in [2.75, 3.05) is 0 Å². The molecule has 1 saturated heterocycles. The summed E-state index contributed by atoms with van der Waals surface area (Å²) in [4.78, 5) is 11.6. The molecule has 15 heavy (non-hydrogen) atoms. The van der Waals surface area contributed by atoms with E-state index < -0.39 is 5.79 Å². The van der Waals surface area contributed by atoms with Crippen LogP contribution in [0.2, 0.25) is 0 Å². The van der Waals surface area contributed by atoms with Gasteiger partial charge in [-0.25, -0.2) is 0 Å². The van der Waals surface area contributed by atoms with E-state index in [-0.39, 0.29) is 18.1 Å². The maximum absolute atomic E-state index is 11.6. The van der Waals surface area contributed by atoms with Gasteiger partial charge in [0, 0.05) is 18.3 Å².